The van der Waals surface area contributed by atoms with Gasteiger partial charge in [0.2, 0.25) is 0 Å². The number of hydrogen-bond acceptors (Lipinski definition) is 0. The minimum Gasteiger partial charge on any atom is -0.0654 e. The van der Waals surface area contributed by atoms with Crippen LogP contribution in [0.1, 0.15) is 165 Å². The van der Waals surface area contributed by atoms with Crippen molar-refractivity contribution < 1.29 is 0 Å². The molecule has 0 saturated heterocycles. The number of aryl methyl sites for hydroxylation is 3. The highest BCUT2D eigenvalue weighted by molar-refractivity contribution is 5.31. The molecule has 1 aromatic rings. The van der Waals surface area contributed by atoms with Gasteiger partial charge >= 0.3 is 0 Å². The Balaban J connectivity index is 1.73. The van der Waals surface area contributed by atoms with Gasteiger partial charge in [-0.1, -0.05) is 135 Å². The Kier molecular flexibility index (Phi) is 15.2. The Morgan fingerprint density at radius 2 is 1.18 bits per heavy atom. The standard InChI is InChI=1S/C33H58/c1-4-6-8-10-12-14-17-21-32-23-22-31(29-30(32)3)24-28-33(26-19-16-20-27-33)25-18-15-13-11-9-7-5-2/h22-23,29H,4-21,24-28H2,1-3H3. The Morgan fingerprint density at radius 1 is 0.606 bits per heavy atom. The third-order valence-corrected chi connectivity index (χ3v) is 8.63. The lowest BCUT2D eigenvalue weighted by Gasteiger charge is -2.38. The maximum Gasteiger partial charge on any atom is -0.0273 e. The van der Waals surface area contributed by atoms with Gasteiger partial charge in [0.15, 0.2) is 0 Å². The molecule has 1 aliphatic carbocycles. The molecular weight excluding hydrogens is 396 g/mol. The predicted molar refractivity (Wildman–Crippen MR) is 149 cm³/mol. The molecule has 1 aliphatic rings. The van der Waals surface area contributed by atoms with Crippen LogP contribution in [0.3, 0.4) is 0 Å². The molecule has 33 heavy (non-hydrogen) atoms. The first-order chi connectivity index (χ1) is 16.2. The van der Waals surface area contributed by atoms with Crippen molar-refractivity contribution in [2.45, 2.75) is 168 Å². The second-order valence-corrected chi connectivity index (χ2v) is 11.6. The van der Waals surface area contributed by atoms with Crippen molar-refractivity contribution in [1.29, 1.82) is 0 Å². The summed E-state index contributed by atoms with van der Waals surface area (Å²) < 4.78 is 0. The van der Waals surface area contributed by atoms with E-state index in [2.05, 4.69) is 39.0 Å². The fraction of sp³-hybridized carbons (Fsp3) is 0.818. The molecule has 0 heteroatoms. The highest BCUT2D eigenvalue weighted by Gasteiger charge is 2.30. The first-order valence-corrected chi connectivity index (χ1v) is 15.3. The average Bonchev–Trinajstić information content (AvgIpc) is 2.83. The van der Waals surface area contributed by atoms with Crippen LogP contribution in [0.25, 0.3) is 0 Å². The summed E-state index contributed by atoms with van der Waals surface area (Å²) in [5, 5.41) is 0. The van der Waals surface area contributed by atoms with Gasteiger partial charge in [0.25, 0.3) is 0 Å². The van der Waals surface area contributed by atoms with Gasteiger partial charge in [-0.15, -0.1) is 0 Å². The third-order valence-electron chi connectivity index (χ3n) is 8.63. The molecule has 0 unspecified atom stereocenters. The van der Waals surface area contributed by atoms with E-state index in [1.807, 2.05) is 0 Å². The molecule has 1 saturated carbocycles. The fourth-order valence-electron chi connectivity index (χ4n) is 6.26. The van der Waals surface area contributed by atoms with Crippen LogP contribution in [0.2, 0.25) is 0 Å². The lowest BCUT2D eigenvalue weighted by molar-refractivity contribution is 0.152. The molecule has 0 radical (unpaired) electrons. The molecule has 1 fully saturated rings. The van der Waals surface area contributed by atoms with Gasteiger partial charge in [-0.3, -0.25) is 0 Å². The lowest BCUT2D eigenvalue weighted by atomic mass is 9.68. The van der Waals surface area contributed by atoms with Crippen LogP contribution >= 0.6 is 0 Å². The molecule has 0 atom stereocenters. The van der Waals surface area contributed by atoms with Crippen molar-refractivity contribution in [3.8, 4) is 0 Å². The van der Waals surface area contributed by atoms with Crippen LogP contribution in [0.5, 0.6) is 0 Å². The molecule has 0 bridgehead atoms. The van der Waals surface area contributed by atoms with Crippen LogP contribution in [0, 0.1) is 12.3 Å². The summed E-state index contributed by atoms with van der Waals surface area (Å²) in [4.78, 5) is 0. The van der Waals surface area contributed by atoms with Crippen molar-refractivity contribution in [1.82, 2.24) is 0 Å². The van der Waals surface area contributed by atoms with E-state index >= 15 is 0 Å². The topological polar surface area (TPSA) is 0 Å². The van der Waals surface area contributed by atoms with Crippen LogP contribution in [-0.4, -0.2) is 0 Å². The van der Waals surface area contributed by atoms with Crippen molar-refractivity contribution in [2.75, 3.05) is 0 Å². The van der Waals surface area contributed by atoms with Crippen LogP contribution in [-0.2, 0) is 12.8 Å². The first-order valence-electron chi connectivity index (χ1n) is 15.3. The van der Waals surface area contributed by atoms with E-state index < -0.39 is 0 Å². The van der Waals surface area contributed by atoms with E-state index in [9.17, 15) is 0 Å². The quantitative estimate of drug-likeness (QED) is 0.182. The van der Waals surface area contributed by atoms with Crippen LogP contribution < -0.4 is 0 Å². The fourth-order valence-corrected chi connectivity index (χ4v) is 6.26. The number of hydrogen-bond donors (Lipinski definition) is 0. The molecule has 0 amide bonds. The van der Waals surface area contributed by atoms with E-state index in [0.29, 0.717) is 5.41 Å². The van der Waals surface area contributed by atoms with Crippen molar-refractivity contribution in [2.24, 2.45) is 5.41 Å². The molecule has 0 aromatic heterocycles. The molecule has 0 spiro atoms. The van der Waals surface area contributed by atoms with Crippen molar-refractivity contribution in [3.63, 3.8) is 0 Å². The normalized spacial score (nSPS) is 15.7. The zero-order valence-corrected chi connectivity index (χ0v) is 23.0. The Bertz CT molecular complexity index is 592. The largest absolute Gasteiger partial charge is 0.0654 e. The number of unbranched alkanes of at least 4 members (excludes halogenated alkanes) is 12. The van der Waals surface area contributed by atoms with Gasteiger partial charge in [-0.2, -0.15) is 0 Å². The molecule has 2 rings (SSSR count). The minimum absolute atomic E-state index is 0.659. The summed E-state index contributed by atoms with van der Waals surface area (Å²) in [5.41, 5.74) is 5.40. The lowest BCUT2D eigenvalue weighted by Crippen LogP contribution is -2.25. The Hall–Kier alpha value is -0.780. The average molecular weight is 455 g/mol. The van der Waals surface area contributed by atoms with Gasteiger partial charge in [-0.05, 0) is 74.0 Å². The monoisotopic (exact) mass is 454 g/mol. The third kappa shape index (κ3) is 12.0. The van der Waals surface area contributed by atoms with Crippen molar-refractivity contribution in [3.05, 3.63) is 34.9 Å². The zero-order valence-electron chi connectivity index (χ0n) is 23.0. The van der Waals surface area contributed by atoms with E-state index in [1.54, 1.807) is 16.7 Å². The summed E-state index contributed by atoms with van der Waals surface area (Å²) in [7, 11) is 0. The molecule has 1 aromatic carbocycles. The zero-order chi connectivity index (χ0) is 23.6. The van der Waals surface area contributed by atoms with E-state index in [0.717, 1.165) is 0 Å². The SMILES string of the molecule is CCCCCCCCCc1ccc(CCC2(CCCCCCCCC)CCCCC2)cc1C. The van der Waals surface area contributed by atoms with Crippen LogP contribution in [0.4, 0.5) is 0 Å². The van der Waals surface area contributed by atoms with Gasteiger partial charge in [-0.25, -0.2) is 0 Å². The van der Waals surface area contributed by atoms with E-state index in [1.165, 1.54) is 148 Å². The summed E-state index contributed by atoms with van der Waals surface area (Å²) in [6.45, 7) is 6.98. The molecule has 190 valence electrons. The second kappa shape index (κ2) is 17.6. The van der Waals surface area contributed by atoms with Gasteiger partial charge in [0, 0.05) is 0 Å². The Morgan fingerprint density at radius 3 is 1.79 bits per heavy atom. The summed E-state index contributed by atoms with van der Waals surface area (Å²) in [6.07, 6.45) is 32.9. The highest BCUT2D eigenvalue weighted by Crippen LogP contribution is 2.44. The molecule has 0 nitrogen and oxygen atoms in total. The first kappa shape index (κ1) is 28.5. The number of benzene rings is 1. The minimum atomic E-state index is 0.659. The summed E-state index contributed by atoms with van der Waals surface area (Å²) >= 11 is 0. The molecule has 0 heterocycles. The highest BCUT2D eigenvalue weighted by atomic mass is 14.4. The van der Waals surface area contributed by atoms with Gasteiger partial charge in [0.05, 0.1) is 0 Å². The summed E-state index contributed by atoms with van der Waals surface area (Å²) in [6, 6.07) is 7.46. The van der Waals surface area contributed by atoms with Gasteiger partial charge in [0.1, 0.15) is 0 Å². The number of rotatable bonds is 19. The molecular formula is C33H58. The molecule has 0 aliphatic heterocycles. The maximum absolute atomic E-state index is 2.53. The van der Waals surface area contributed by atoms with Crippen molar-refractivity contribution >= 4 is 0 Å². The Labute approximate surface area is 208 Å². The smallest absolute Gasteiger partial charge is 0.0273 e. The maximum atomic E-state index is 2.53. The summed E-state index contributed by atoms with van der Waals surface area (Å²) in [5.74, 6) is 0. The second-order valence-electron chi connectivity index (χ2n) is 11.6. The molecule has 0 N–H and O–H groups in total. The predicted octanol–water partition coefficient (Wildman–Crippen LogP) is 11.3. The van der Waals surface area contributed by atoms with E-state index in [4.69, 9.17) is 0 Å². The van der Waals surface area contributed by atoms with E-state index in [-0.39, 0.29) is 0 Å². The van der Waals surface area contributed by atoms with Crippen LogP contribution in [0.15, 0.2) is 18.2 Å². The van der Waals surface area contributed by atoms with Gasteiger partial charge < -0.3 is 0 Å².